The summed E-state index contributed by atoms with van der Waals surface area (Å²) >= 11 is 0. The normalized spacial score (nSPS) is 14.0. The maximum atomic E-state index is 12.4. The molecule has 0 unspecified atom stereocenters. The van der Waals surface area contributed by atoms with Crippen molar-refractivity contribution < 1.29 is 4.79 Å². The minimum atomic E-state index is -0.00573. The maximum Gasteiger partial charge on any atom is 0.226 e. The van der Waals surface area contributed by atoms with Crippen LogP contribution < -0.4 is 15.1 Å². The van der Waals surface area contributed by atoms with Crippen molar-refractivity contribution in [1.29, 1.82) is 0 Å². The van der Waals surface area contributed by atoms with Crippen molar-refractivity contribution in [3.8, 4) is 0 Å². The predicted molar refractivity (Wildman–Crippen MR) is 130 cm³/mol. The number of aromatic nitrogens is 2. The standard InChI is InChI=1S/C26H27N5O/c32-26(13-15-30-14-12-21-6-4-5-9-24(21)30)28-22-10-11-25(27-20-22)31-18-16-29(17-19-31)23-7-2-1-3-8-23/h1-12,14,20H,13,15-19H2,(H,28,32). The lowest BCUT2D eigenvalue weighted by Gasteiger charge is -2.36. The second-order valence-electron chi connectivity index (χ2n) is 8.08. The van der Waals surface area contributed by atoms with Gasteiger partial charge in [0.05, 0.1) is 11.9 Å². The number of para-hydroxylation sites is 2. The topological polar surface area (TPSA) is 53.4 Å². The summed E-state index contributed by atoms with van der Waals surface area (Å²) in [6, 6.07) is 24.7. The molecule has 4 aromatic rings. The average Bonchev–Trinajstić information content (AvgIpc) is 3.27. The Balaban J connectivity index is 1.13. The number of carbonyl (C=O) groups is 1. The van der Waals surface area contributed by atoms with Crippen LogP contribution in [0, 0.1) is 0 Å². The fourth-order valence-electron chi connectivity index (χ4n) is 4.26. The van der Waals surface area contributed by atoms with Crippen LogP contribution in [0.1, 0.15) is 6.42 Å². The van der Waals surface area contributed by atoms with Crippen LogP contribution in [0.15, 0.2) is 85.2 Å². The summed E-state index contributed by atoms with van der Waals surface area (Å²) in [4.78, 5) is 21.7. The van der Waals surface area contributed by atoms with Crippen molar-refractivity contribution in [2.45, 2.75) is 13.0 Å². The van der Waals surface area contributed by atoms with E-state index in [9.17, 15) is 4.79 Å². The molecule has 2 aromatic heterocycles. The predicted octanol–water partition coefficient (Wildman–Crippen LogP) is 4.39. The number of pyridine rings is 1. The van der Waals surface area contributed by atoms with Gasteiger partial charge in [0.25, 0.3) is 0 Å². The first-order chi connectivity index (χ1) is 15.8. The highest BCUT2D eigenvalue weighted by Crippen LogP contribution is 2.20. The van der Waals surface area contributed by atoms with E-state index in [4.69, 9.17) is 0 Å². The molecule has 1 aliphatic heterocycles. The summed E-state index contributed by atoms with van der Waals surface area (Å²) in [5.41, 5.74) is 3.16. The summed E-state index contributed by atoms with van der Waals surface area (Å²) in [6.45, 7) is 4.45. The van der Waals surface area contributed by atoms with E-state index in [1.807, 2.05) is 36.5 Å². The number of piperazine rings is 1. The van der Waals surface area contributed by atoms with E-state index in [1.165, 1.54) is 11.1 Å². The van der Waals surface area contributed by atoms with Crippen molar-refractivity contribution in [2.24, 2.45) is 0 Å². The van der Waals surface area contributed by atoms with Gasteiger partial charge in [0.2, 0.25) is 5.91 Å². The first kappa shape index (κ1) is 20.1. The van der Waals surface area contributed by atoms with Gasteiger partial charge in [0.15, 0.2) is 0 Å². The number of fused-ring (bicyclic) bond motifs is 1. The van der Waals surface area contributed by atoms with Crippen molar-refractivity contribution in [3.63, 3.8) is 0 Å². The van der Waals surface area contributed by atoms with E-state index in [0.717, 1.165) is 43.2 Å². The minimum Gasteiger partial charge on any atom is -0.368 e. The van der Waals surface area contributed by atoms with Gasteiger partial charge in [-0.2, -0.15) is 0 Å². The Labute approximate surface area is 188 Å². The molecule has 32 heavy (non-hydrogen) atoms. The summed E-state index contributed by atoms with van der Waals surface area (Å²) < 4.78 is 2.12. The van der Waals surface area contributed by atoms with Crippen LogP contribution in [0.5, 0.6) is 0 Å². The number of benzene rings is 2. The molecule has 0 radical (unpaired) electrons. The highest BCUT2D eigenvalue weighted by Gasteiger charge is 2.18. The number of rotatable bonds is 6. The molecule has 0 bridgehead atoms. The SMILES string of the molecule is O=C(CCn1ccc2ccccc21)Nc1ccc(N2CCN(c3ccccc3)CC2)nc1. The summed E-state index contributed by atoms with van der Waals surface area (Å²) in [7, 11) is 0. The third-order valence-electron chi connectivity index (χ3n) is 6.02. The fraction of sp³-hybridized carbons (Fsp3) is 0.231. The molecule has 0 atom stereocenters. The van der Waals surface area contributed by atoms with E-state index in [0.29, 0.717) is 13.0 Å². The number of aryl methyl sites for hydroxylation is 1. The van der Waals surface area contributed by atoms with Crippen LogP contribution >= 0.6 is 0 Å². The molecule has 6 nitrogen and oxygen atoms in total. The number of hydrogen-bond donors (Lipinski definition) is 1. The zero-order valence-corrected chi connectivity index (χ0v) is 18.0. The summed E-state index contributed by atoms with van der Waals surface area (Å²) in [5.74, 6) is 0.948. The smallest absolute Gasteiger partial charge is 0.226 e. The monoisotopic (exact) mass is 425 g/mol. The van der Waals surface area contributed by atoms with Gasteiger partial charge >= 0.3 is 0 Å². The van der Waals surface area contributed by atoms with Crippen molar-refractivity contribution in [1.82, 2.24) is 9.55 Å². The Morgan fingerprint density at radius 2 is 1.59 bits per heavy atom. The molecular weight excluding hydrogens is 398 g/mol. The second kappa shape index (κ2) is 9.14. The highest BCUT2D eigenvalue weighted by atomic mass is 16.1. The fourth-order valence-corrected chi connectivity index (χ4v) is 4.26. The number of anilines is 3. The van der Waals surface area contributed by atoms with Crippen LogP contribution in [-0.4, -0.2) is 41.6 Å². The Morgan fingerprint density at radius 3 is 2.38 bits per heavy atom. The highest BCUT2D eigenvalue weighted by molar-refractivity contribution is 5.90. The Bertz CT molecular complexity index is 1180. The third kappa shape index (κ3) is 4.44. The van der Waals surface area contributed by atoms with Crippen molar-refractivity contribution in [2.75, 3.05) is 41.3 Å². The number of nitrogens with one attached hydrogen (secondary N) is 1. The van der Waals surface area contributed by atoms with Gasteiger partial charge in [-0.05, 0) is 41.8 Å². The second-order valence-corrected chi connectivity index (χ2v) is 8.08. The Morgan fingerprint density at radius 1 is 0.844 bits per heavy atom. The Hall–Kier alpha value is -3.80. The molecule has 1 N–H and O–H groups in total. The van der Waals surface area contributed by atoms with Gasteiger partial charge in [-0.1, -0.05) is 36.4 Å². The lowest BCUT2D eigenvalue weighted by atomic mass is 10.2. The molecule has 0 spiro atoms. The quantitative estimate of drug-likeness (QED) is 0.498. The molecule has 1 aliphatic rings. The largest absolute Gasteiger partial charge is 0.368 e. The van der Waals surface area contributed by atoms with E-state index in [2.05, 4.69) is 67.1 Å². The van der Waals surface area contributed by atoms with Gasteiger partial charge in [0.1, 0.15) is 5.82 Å². The number of nitrogens with zero attached hydrogens (tertiary/aromatic N) is 4. The first-order valence-electron chi connectivity index (χ1n) is 11.1. The maximum absolute atomic E-state index is 12.4. The molecule has 0 aliphatic carbocycles. The van der Waals surface area contributed by atoms with Crippen molar-refractivity contribution >= 4 is 34.0 Å². The van der Waals surface area contributed by atoms with Crippen LogP contribution in [0.25, 0.3) is 10.9 Å². The Kier molecular flexibility index (Phi) is 5.75. The molecule has 0 saturated carbocycles. The molecule has 5 rings (SSSR count). The van der Waals surface area contributed by atoms with E-state index in [1.54, 1.807) is 6.20 Å². The number of carbonyl (C=O) groups excluding carboxylic acids is 1. The molecule has 1 fully saturated rings. The van der Waals surface area contributed by atoms with Gasteiger partial charge in [-0.25, -0.2) is 4.98 Å². The summed E-state index contributed by atoms with van der Waals surface area (Å²) in [6.07, 6.45) is 4.20. The van der Waals surface area contributed by atoms with Gasteiger partial charge in [0, 0.05) is 56.5 Å². The van der Waals surface area contributed by atoms with E-state index >= 15 is 0 Å². The lowest BCUT2D eigenvalue weighted by molar-refractivity contribution is -0.116. The third-order valence-corrected chi connectivity index (χ3v) is 6.02. The van der Waals surface area contributed by atoms with Crippen LogP contribution in [0.2, 0.25) is 0 Å². The molecule has 1 amide bonds. The molecular formula is C26H27N5O. The van der Waals surface area contributed by atoms with E-state index < -0.39 is 0 Å². The summed E-state index contributed by atoms with van der Waals surface area (Å²) in [5, 5.41) is 4.16. The lowest BCUT2D eigenvalue weighted by Crippen LogP contribution is -2.46. The van der Waals surface area contributed by atoms with Crippen LogP contribution in [0.4, 0.5) is 17.2 Å². The van der Waals surface area contributed by atoms with Crippen molar-refractivity contribution in [3.05, 3.63) is 85.2 Å². The molecule has 162 valence electrons. The van der Waals surface area contributed by atoms with E-state index in [-0.39, 0.29) is 5.91 Å². The first-order valence-corrected chi connectivity index (χ1v) is 11.1. The average molecular weight is 426 g/mol. The number of hydrogen-bond acceptors (Lipinski definition) is 4. The zero-order valence-electron chi connectivity index (χ0n) is 18.0. The minimum absolute atomic E-state index is 0.00573. The van der Waals surface area contributed by atoms with Crippen LogP contribution in [0.3, 0.4) is 0 Å². The number of amides is 1. The van der Waals surface area contributed by atoms with Crippen LogP contribution in [-0.2, 0) is 11.3 Å². The molecule has 2 aromatic carbocycles. The van der Waals surface area contributed by atoms with Gasteiger partial charge < -0.3 is 19.7 Å². The molecule has 3 heterocycles. The molecule has 6 heteroatoms. The zero-order chi connectivity index (χ0) is 21.8. The van der Waals surface area contributed by atoms with Gasteiger partial charge in [-0.3, -0.25) is 4.79 Å². The molecule has 1 saturated heterocycles. The van der Waals surface area contributed by atoms with Gasteiger partial charge in [-0.15, -0.1) is 0 Å².